The third kappa shape index (κ3) is 3.84. The lowest BCUT2D eigenvalue weighted by Crippen LogP contribution is -2.04. The molecule has 0 heterocycles. The third-order valence-electron chi connectivity index (χ3n) is 2.60. The average Bonchev–Trinajstić information content (AvgIpc) is 2.40. The van der Waals surface area contributed by atoms with Crippen LogP contribution in [-0.4, -0.2) is 20.8 Å². The van der Waals surface area contributed by atoms with E-state index >= 15 is 0 Å². The number of sulfone groups is 1. The molecule has 0 unspecified atom stereocenters. The molecule has 1 rings (SSSR count). The Balaban J connectivity index is 2.73. The van der Waals surface area contributed by atoms with Crippen molar-refractivity contribution in [3.63, 3.8) is 0 Å². The van der Waals surface area contributed by atoms with Crippen molar-refractivity contribution < 1.29 is 17.5 Å². The van der Waals surface area contributed by atoms with Crippen LogP contribution in [0, 0.1) is 0 Å². The van der Waals surface area contributed by atoms with Crippen LogP contribution in [-0.2, 0) is 9.84 Å². The molecule has 0 aromatic heterocycles. The number of hydrogen-bond acceptors (Lipinski definition) is 3. The van der Waals surface area contributed by atoms with Crippen molar-refractivity contribution in [2.45, 2.75) is 25.2 Å². The molecule has 0 bridgehead atoms. The van der Waals surface area contributed by atoms with Gasteiger partial charge in [-0.05, 0) is 36.3 Å². The zero-order valence-corrected chi connectivity index (χ0v) is 11.3. The maximum Gasteiger partial charge on any atom is 0.178 e. The van der Waals surface area contributed by atoms with Crippen LogP contribution in [0.25, 0.3) is 0 Å². The van der Waals surface area contributed by atoms with Gasteiger partial charge in [0.1, 0.15) is 12.4 Å². The van der Waals surface area contributed by atoms with Gasteiger partial charge in [0.15, 0.2) is 9.84 Å². The lowest BCUT2D eigenvalue weighted by Gasteiger charge is -2.08. The molecule has 1 aromatic carbocycles. The van der Waals surface area contributed by atoms with Gasteiger partial charge in [-0.1, -0.05) is 13.8 Å². The predicted molar refractivity (Wildman–Crippen MR) is 69.1 cm³/mol. The highest BCUT2D eigenvalue weighted by Gasteiger charge is 2.10. The number of ether oxygens (including phenoxy) is 1. The van der Waals surface area contributed by atoms with Crippen molar-refractivity contribution >= 4 is 9.84 Å². The van der Waals surface area contributed by atoms with E-state index in [0.717, 1.165) is 0 Å². The number of rotatable bonds is 6. The lowest BCUT2D eigenvalue weighted by atomic mass is 10.2. The molecular formula is C13H17FO3S. The van der Waals surface area contributed by atoms with E-state index in [1.807, 2.05) is 6.92 Å². The van der Waals surface area contributed by atoms with Crippen LogP contribution in [0.1, 0.15) is 20.3 Å². The van der Waals surface area contributed by atoms with Gasteiger partial charge in [0.2, 0.25) is 0 Å². The van der Waals surface area contributed by atoms with Crippen molar-refractivity contribution in [3.05, 3.63) is 36.2 Å². The lowest BCUT2D eigenvalue weighted by molar-refractivity contribution is 0.345. The van der Waals surface area contributed by atoms with Crippen LogP contribution in [0.15, 0.2) is 41.1 Å². The first-order chi connectivity index (χ1) is 8.53. The second kappa shape index (κ2) is 6.54. The summed E-state index contributed by atoms with van der Waals surface area (Å²) in [6.07, 6.45) is 1.12. The Labute approximate surface area is 107 Å². The zero-order chi connectivity index (χ0) is 13.6. The zero-order valence-electron chi connectivity index (χ0n) is 10.5. The van der Waals surface area contributed by atoms with Crippen molar-refractivity contribution in [2.75, 3.05) is 12.4 Å². The number of hydrogen-bond donors (Lipinski definition) is 0. The highest BCUT2D eigenvalue weighted by atomic mass is 32.2. The van der Waals surface area contributed by atoms with Gasteiger partial charge in [-0.3, -0.25) is 0 Å². The van der Waals surface area contributed by atoms with Gasteiger partial charge in [0.25, 0.3) is 0 Å². The fourth-order valence-electron chi connectivity index (χ4n) is 1.30. The van der Waals surface area contributed by atoms with E-state index < -0.39 is 9.84 Å². The van der Waals surface area contributed by atoms with Crippen molar-refractivity contribution in [1.82, 2.24) is 0 Å². The molecule has 0 saturated heterocycles. The third-order valence-corrected chi connectivity index (χ3v) is 4.35. The van der Waals surface area contributed by atoms with Gasteiger partial charge in [-0.2, -0.15) is 0 Å². The maximum atomic E-state index is 12.3. The SMILES string of the molecule is CC/C(=C\F)COc1ccc(S(=O)(=O)CC)cc1. The normalized spacial score (nSPS) is 12.5. The first-order valence-electron chi connectivity index (χ1n) is 5.77. The van der Waals surface area contributed by atoms with Gasteiger partial charge < -0.3 is 4.74 Å². The highest BCUT2D eigenvalue weighted by molar-refractivity contribution is 7.91. The monoisotopic (exact) mass is 272 g/mol. The summed E-state index contributed by atoms with van der Waals surface area (Å²) in [5.74, 6) is 0.593. The van der Waals surface area contributed by atoms with Crippen LogP contribution < -0.4 is 4.74 Å². The van der Waals surface area contributed by atoms with E-state index in [9.17, 15) is 12.8 Å². The van der Waals surface area contributed by atoms with Crippen LogP contribution in [0.2, 0.25) is 0 Å². The maximum absolute atomic E-state index is 12.3. The van der Waals surface area contributed by atoms with Crippen LogP contribution >= 0.6 is 0 Å². The van der Waals surface area contributed by atoms with Gasteiger partial charge >= 0.3 is 0 Å². The summed E-state index contributed by atoms with van der Waals surface area (Å²) < 4.78 is 40.8. The summed E-state index contributed by atoms with van der Waals surface area (Å²) in [5, 5.41) is 0. The van der Waals surface area contributed by atoms with Crippen molar-refractivity contribution in [2.24, 2.45) is 0 Å². The number of benzene rings is 1. The molecule has 0 spiro atoms. The minimum absolute atomic E-state index is 0.0672. The topological polar surface area (TPSA) is 43.4 Å². The molecular weight excluding hydrogens is 255 g/mol. The summed E-state index contributed by atoms with van der Waals surface area (Å²) in [4.78, 5) is 0.272. The van der Waals surface area contributed by atoms with Gasteiger partial charge in [0, 0.05) is 0 Å². The summed E-state index contributed by atoms with van der Waals surface area (Å²) >= 11 is 0. The predicted octanol–water partition coefficient (Wildman–Crippen LogP) is 3.12. The molecule has 0 amide bonds. The molecule has 0 aliphatic rings. The fraction of sp³-hybridized carbons (Fsp3) is 0.385. The smallest absolute Gasteiger partial charge is 0.178 e. The average molecular weight is 272 g/mol. The fourth-order valence-corrected chi connectivity index (χ4v) is 2.18. The Kier molecular flexibility index (Phi) is 5.34. The molecule has 0 aliphatic carbocycles. The molecule has 100 valence electrons. The first-order valence-corrected chi connectivity index (χ1v) is 7.42. The molecule has 18 heavy (non-hydrogen) atoms. The van der Waals surface area contributed by atoms with Crippen molar-refractivity contribution in [3.8, 4) is 5.75 Å². The summed E-state index contributed by atoms with van der Waals surface area (Å²) in [6, 6.07) is 6.15. The molecule has 0 radical (unpaired) electrons. The molecule has 0 aliphatic heterocycles. The summed E-state index contributed by atoms with van der Waals surface area (Å²) in [6.45, 7) is 3.61. The molecule has 0 saturated carbocycles. The first kappa shape index (κ1) is 14.7. The second-order valence-electron chi connectivity index (χ2n) is 3.78. The molecule has 1 aromatic rings. The quantitative estimate of drug-likeness (QED) is 0.799. The largest absolute Gasteiger partial charge is 0.489 e. The molecule has 5 heteroatoms. The summed E-state index contributed by atoms with van der Waals surface area (Å²) in [7, 11) is -3.18. The standard InChI is InChI=1S/C13H17FO3S/c1-3-11(9-14)10-17-12-5-7-13(8-6-12)18(15,16)4-2/h5-9H,3-4,10H2,1-2H3/b11-9+. The van der Waals surface area contributed by atoms with E-state index in [0.29, 0.717) is 24.1 Å². The van der Waals surface area contributed by atoms with Crippen LogP contribution in [0.5, 0.6) is 5.75 Å². The Hall–Kier alpha value is -1.36. The highest BCUT2D eigenvalue weighted by Crippen LogP contribution is 2.17. The van der Waals surface area contributed by atoms with Crippen LogP contribution in [0.3, 0.4) is 0 Å². The second-order valence-corrected chi connectivity index (χ2v) is 6.06. The molecule has 0 fully saturated rings. The van der Waals surface area contributed by atoms with Crippen LogP contribution in [0.4, 0.5) is 4.39 Å². The van der Waals surface area contributed by atoms with Gasteiger partial charge in [-0.25, -0.2) is 12.8 Å². The molecule has 0 N–H and O–H groups in total. The van der Waals surface area contributed by atoms with E-state index in [-0.39, 0.29) is 17.3 Å². The Bertz CT molecular complexity index is 504. The summed E-state index contributed by atoms with van der Waals surface area (Å²) in [5.41, 5.74) is 0.556. The minimum atomic E-state index is -3.18. The molecule has 0 atom stereocenters. The van der Waals surface area contributed by atoms with Gasteiger partial charge in [-0.15, -0.1) is 0 Å². The minimum Gasteiger partial charge on any atom is -0.489 e. The van der Waals surface area contributed by atoms with Gasteiger partial charge in [0.05, 0.1) is 17.0 Å². The van der Waals surface area contributed by atoms with E-state index in [2.05, 4.69) is 0 Å². The van der Waals surface area contributed by atoms with E-state index in [1.165, 1.54) is 12.1 Å². The number of halogens is 1. The molecule has 3 nitrogen and oxygen atoms in total. The Morgan fingerprint density at radius 1 is 1.28 bits per heavy atom. The Morgan fingerprint density at radius 2 is 1.89 bits per heavy atom. The van der Waals surface area contributed by atoms with Crippen molar-refractivity contribution in [1.29, 1.82) is 0 Å². The Morgan fingerprint density at radius 3 is 2.33 bits per heavy atom. The van der Waals surface area contributed by atoms with E-state index in [1.54, 1.807) is 19.1 Å². The van der Waals surface area contributed by atoms with E-state index in [4.69, 9.17) is 4.74 Å².